The molecule has 0 saturated heterocycles. The molecule has 8 heteroatoms. The van der Waals surface area contributed by atoms with Crippen LogP contribution >= 0.6 is 23.1 Å². The number of rotatable bonds is 9. The van der Waals surface area contributed by atoms with E-state index in [1.807, 2.05) is 0 Å². The van der Waals surface area contributed by atoms with Crippen LogP contribution < -0.4 is 10.6 Å². The molecule has 0 aromatic carbocycles. The van der Waals surface area contributed by atoms with Crippen LogP contribution in [0.3, 0.4) is 0 Å². The van der Waals surface area contributed by atoms with Crippen molar-refractivity contribution in [1.82, 2.24) is 15.5 Å². The molecule has 2 N–H and O–H groups in total. The summed E-state index contributed by atoms with van der Waals surface area (Å²) in [5, 5.41) is 24.2. The second-order valence-corrected chi connectivity index (χ2v) is 7.78. The highest BCUT2D eigenvalue weighted by molar-refractivity contribution is 8.01. The van der Waals surface area contributed by atoms with Crippen LogP contribution in [-0.2, 0) is 4.79 Å². The summed E-state index contributed by atoms with van der Waals surface area (Å²) in [7, 11) is 0. The lowest BCUT2D eigenvalue weighted by molar-refractivity contribution is -0.119. The summed E-state index contributed by atoms with van der Waals surface area (Å²) in [6.45, 7) is 4.82. The molecule has 1 unspecified atom stereocenters. The average Bonchev–Trinajstić information content (AvgIpc) is 3.27. The van der Waals surface area contributed by atoms with E-state index in [-0.39, 0.29) is 11.7 Å². The van der Waals surface area contributed by atoms with Crippen LogP contribution in [0.2, 0.25) is 0 Å². The van der Waals surface area contributed by atoms with Crippen LogP contribution in [0.5, 0.6) is 0 Å². The first-order chi connectivity index (χ1) is 10.6. The maximum absolute atomic E-state index is 12.0. The van der Waals surface area contributed by atoms with Crippen LogP contribution in [0.15, 0.2) is 4.34 Å². The van der Waals surface area contributed by atoms with Crippen molar-refractivity contribution >= 4 is 34.1 Å². The van der Waals surface area contributed by atoms with Crippen molar-refractivity contribution in [2.45, 2.75) is 49.4 Å². The number of aromatic nitrogens is 2. The smallest absolute Gasteiger partial charge is 0.231 e. The molecule has 0 bridgehead atoms. The third-order valence-electron chi connectivity index (χ3n) is 3.56. The van der Waals surface area contributed by atoms with Gasteiger partial charge in [0.25, 0.3) is 0 Å². The van der Waals surface area contributed by atoms with Gasteiger partial charge >= 0.3 is 0 Å². The zero-order valence-electron chi connectivity index (χ0n) is 12.9. The number of hydrogen-bond donors (Lipinski definition) is 2. The molecule has 1 atom stereocenters. The number of nitrogens with one attached hydrogen (secondary N) is 2. The molecule has 1 aromatic heterocycles. The number of unbranched alkanes of at least 4 members (excludes halogenated alkanes) is 1. The summed E-state index contributed by atoms with van der Waals surface area (Å²) in [6.07, 6.45) is 4.26. The highest BCUT2D eigenvalue weighted by atomic mass is 32.2. The SMILES string of the molecule is CCCCNc1nnc(SCC(=O)NC(C)(C#N)C2CC2)s1. The summed E-state index contributed by atoms with van der Waals surface area (Å²) >= 11 is 2.81. The first-order valence-corrected chi connectivity index (χ1v) is 9.30. The van der Waals surface area contributed by atoms with E-state index in [0.717, 1.165) is 41.7 Å². The molecule has 2 rings (SSSR count). The van der Waals surface area contributed by atoms with Crippen molar-refractivity contribution in [1.29, 1.82) is 5.26 Å². The van der Waals surface area contributed by atoms with Gasteiger partial charge in [-0.2, -0.15) is 5.26 Å². The van der Waals surface area contributed by atoms with Gasteiger partial charge in [0, 0.05) is 6.54 Å². The number of carbonyl (C=O) groups is 1. The Bertz CT molecular complexity index is 552. The number of anilines is 1. The number of amides is 1. The minimum absolute atomic E-state index is 0.128. The van der Waals surface area contributed by atoms with Crippen LogP contribution in [-0.4, -0.2) is 33.9 Å². The minimum Gasteiger partial charge on any atom is -0.360 e. The van der Waals surface area contributed by atoms with Gasteiger partial charge in [0.05, 0.1) is 11.8 Å². The second-order valence-electron chi connectivity index (χ2n) is 5.58. The molecular formula is C14H21N5OS2. The highest BCUT2D eigenvalue weighted by Gasteiger charge is 2.42. The van der Waals surface area contributed by atoms with E-state index in [4.69, 9.17) is 0 Å². The number of hydrogen-bond acceptors (Lipinski definition) is 7. The van der Waals surface area contributed by atoms with Crippen molar-refractivity contribution in [3.05, 3.63) is 0 Å². The predicted molar refractivity (Wildman–Crippen MR) is 88.9 cm³/mol. The molecule has 1 aliphatic carbocycles. The summed E-state index contributed by atoms with van der Waals surface area (Å²) in [4.78, 5) is 12.0. The zero-order valence-corrected chi connectivity index (χ0v) is 14.5. The van der Waals surface area contributed by atoms with Crippen LogP contribution in [0.25, 0.3) is 0 Å². The van der Waals surface area contributed by atoms with Gasteiger partial charge in [-0.05, 0) is 32.1 Å². The normalized spacial score (nSPS) is 16.6. The van der Waals surface area contributed by atoms with E-state index in [1.54, 1.807) is 6.92 Å². The Balaban J connectivity index is 1.75. The highest BCUT2D eigenvalue weighted by Crippen LogP contribution is 2.39. The van der Waals surface area contributed by atoms with E-state index in [2.05, 4.69) is 33.8 Å². The van der Waals surface area contributed by atoms with Gasteiger partial charge in [-0.15, -0.1) is 10.2 Å². The summed E-state index contributed by atoms with van der Waals surface area (Å²) in [5.41, 5.74) is -0.731. The third kappa shape index (κ3) is 4.85. The standard InChI is InChI=1S/C14H21N5OS2/c1-3-4-7-16-12-18-19-13(22-12)21-8-11(20)17-14(2,9-15)10-5-6-10/h10H,3-8H2,1-2H3,(H,16,18)(H,17,20). The Morgan fingerprint density at radius 1 is 1.55 bits per heavy atom. The lowest BCUT2D eigenvalue weighted by atomic mass is 9.98. The maximum Gasteiger partial charge on any atom is 0.231 e. The molecule has 120 valence electrons. The van der Waals surface area contributed by atoms with E-state index in [9.17, 15) is 10.1 Å². The molecule has 1 aromatic rings. The lowest BCUT2D eigenvalue weighted by Gasteiger charge is -2.22. The van der Waals surface area contributed by atoms with Crippen molar-refractivity contribution in [2.24, 2.45) is 5.92 Å². The topological polar surface area (TPSA) is 90.7 Å². The number of thioether (sulfide) groups is 1. The fourth-order valence-electron chi connectivity index (χ4n) is 2.05. The van der Waals surface area contributed by atoms with E-state index in [0.29, 0.717) is 5.92 Å². The van der Waals surface area contributed by atoms with Gasteiger partial charge < -0.3 is 10.6 Å². The van der Waals surface area contributed by atoms with Crippen molar-refractivity contribution in [3.8, 4) is 6.07 Å². The molecular weight excluding hydrogens is 318 g/mol. The van der Waals surface area contributed by atoms with Crippen molar-refractivity contribution < 1.29 is 4.79 Å². The number of carbonyl (C=O) groups excluding carboxylic acids is 1. The largest absolute Gasteiger partial charge is 0.360 e. The van der Waals surface area contributed by atoms with Gasteiger partial charge in [-0.1, -0.05) is 36.4 Å². The molecule has 0 spiro atoms. The quantitative estimate of drug-likeness (QED) is 0.531. The minimum atomic E-state index is -0.731. The average molecular weight is 339 g/mol. The second kappa shape index (κ2) is 7.79. The van der Waals surface area contributed by atoms with E-state index >= 15 is 0 Å². The first-order valence-electron chi connectivity index (χ1n) is 7.50. The van der Waals surface area contributed by atoms with Crippen molar-refractivity contribution in [3.63, 3.8) is 0 Å². The van der Waals surface area contributed by atoms with E-state index < -0.39 is 5.54 Å². The molecule has 1 fully saturated rings. The molecule has 1 saturated carbocycles. The fourth-order valence-corrected chi connectivity index (χ4v) is 3.62. The Hall–Kier alpha value is -1.33. The molecule has 1 heterocycles. The molecule has 0 radical (unpaired) electrons. The zero-order chi connectivity index (χ0) is 16.0. The fraction of sp³-hybridized carbons (Fsp3) is 0.714. The van der Waals surface area contributed by atoms with Gasteiger partial charge in [0.2, 0.25) is 11.0 Å². The van der Waals surface area contributed by atoms with Gasteiger partial charge in [0.15, 0.2) is 4.34 Å². The van der Waals surface area contributed by atoms with Gasteiger partial charge in [0.1, 0.15) is 5.54 Å². The maximum atomic E-state index is 12.0. The Morgan fingerprint density at radius 2 is 2.32 bits per heavy atom. The molecule has 22 heavy (non-hydrogen) atoms. The summed E-state index contributed by atoms with van der Waals surface area (Å²) < 4.78 is 0.763. The van der Waals surface area contributed by atoms with Crippen molar-refractivity contribution in [2.75, 3.05) is 17.6 Å². The molecule has 6 nitrogen and oxygen atoms in total. The molecule has 1 amide bonds. The lowest BCUT2D eigenvalue weighted by Crippen LogP contribution is -2.47. The first kappa shape index (κ1) is 17.0. The third-order valence-corrected chi connectivity index (χ3v) is 5.58. The Kier molecular flexibility index (Phi) is 6.03. The van der Waals surface area contributed by atoms with Gasteiger partial charge in [-0.25, -0.2) is 0 Å². The number of nitrogens with zero attached hydrogens (tertiary/aromatic N) is 3. The Labute approximate surface area is 139 Å². The van der Waals surface area contributed by atoms with Crippen LogP contribution in [0, 0.1) is 17.2 Å². The number of nitriles is 1. The van der Waals surface area contributed by atoms with Crippen LogP contribution in [0.1, 0.15) is 39.5 Å². The predicted octanol–water partition coefficient (Wildman–Crippen LogP) is 2.65. The van der Waals surface area contributed by atoms with E-state index in [1.165, 1.54) is 23.1 Å². The molecule has 0 aliphatic heterocycles. The summed E-state index contributed by atoms with van der Waals surface area (Å²) in [6, 6.07) is 2.23. The van der Waals surface area contributed by atoms with Crippen LogP contribution in [0.4, 0.5) is 5.13 Å². The summed E-state index contributed by atoms with van der Waals surface area (Å²) in [5.74, 6) is 0.423. The molecule has 1 aliphatic rings. The Morgan fingerprint density at radius 3 is 2.95 bits per heavy atom. The monoisotopic (exact) mass is 339 g/mol. The van der Waals surface area contributed by atoms with Gasteiger partial charge in [-0.3, -0.25) is 4.79 Å².